The van der Waals surface area contributed by atoms with Gasteiger partial charge < -0.3 is 19.5 Å². The van der Waals surface area contributed by atoms with Crippen molar-refractivity contribution >= 4 is 23.2 Å². The third-order valence-electron chi connectivity index (χ3n) is 6.58. The Morgan fingerprint density at radius 2 is 1.75 bits per heavy atom. The summed E-state index contributed by atoms with van der Waals surface area (Å²) in [5.74, 6) is 0.993. The molecule has 1 aliphatic heterocycles. The van der Waals surface area contributed by atoms with Crippen LogP contribution in [-0.2, 0) is 16.1 Å². The molecule has 0 aliphatic carbocycles. The molecule has 1 aromatic heterocycles. The van der Waals surface area contributed by atoms with Gasteiger partial charge in [0.05, 0.1) is 36.8 Å². The van der Waals surface area contributed by atoms with Crippen molar-refractivity contribution in [1.82, 2.24) is 14.7 Å². The molecular weight excluding hydrogens is 535 g/mol. The lowest BCUT2D eigenvalue weighted by atomic mass is 10.1. The van der Waals surface area contributed by atoms with Crippen molar-refractivity contribution in [2.45, 2.75) is 20.4 Å². The summed E-state index contributed by atoms with van der Waals surface area (Å²) in [6.45, 7) is 6.09. The van der Waals surface area contributed by atoms with E-state index >= 15 is 0 Å². The summed E-state index contributed by atoms with van der Waals surface area (Å²) in [5, 5.41) is 8.10. The number of halogens is 2. The number of hydrogen-bond donors (Lipinski definition) is 1. The molecule has 5 rings (SSSR count). The van der Waals surface area contributed by atoms with E-state index in [0.717, 1.165) is 22.6 Å². The zero-order chi connectivity index (χ0) is 28.1. The van der Waals surface area contributed by atoms with Gasteiger partial charge in [0.2, 0.25) is 5.91 Å². The van der Waals surface area contributed by atoms with E-state index in [1.807, 2.05) is 36.9 Å². The molecule has 40 heavy (non-hydrogen) atoms. The number of aromatic nitrogens is 2. The molecule has 10 heteroatoms. The van der Waals surface area contributed by atoms with Gasteiger partial charge in [-0.25, -0.2) is 9.07 Å². The van der Waals surface area contributed by atoms with Crippen LogP contribution in [0, 0.1) is 19.7 Å². The maximum atomic E-state index is 13.5. The highest BCUT2D eigenvalue weighted by molar-refractivity contribution is 6.31. The minimum atomic E-state index is -0.305. The zero-order valence-electron chi connectivity index (χ0n) is 22.3. The van der Waals surface area contributed by atoms with Crippen molar-refractivity contribution in [1.29, 1.82) is 0 Å². The number of carbonyl (C=O) groups is 1. The molecule has 0 radical (unpaired) electrons. The molecule has 4 aromatic rings. The van der Waals surface area contributed by atoms with Gasteiger partial charge in [-0.1, -0.05) is 23.7 Å². The Bertz CT molecular complexity index is 1490. The van der Waals surface area contributed by atoms with Crippen LogP contribution in [-0.4, -0.2) is 53.5 Å². The third-order valence-corrected chi connectivity index (χ3v) is 6.82. The Hall–Kier alpha value is -3.92. The fourth-order valence-corrected chi connectivity index (χ4v) is 4.71. The quantitative estimate of drug-likeness (QED) is 0.333. The Labute approximate surface area is 237 Å². The van der Waals surface area contributed by atoms with Crippen LogP contribution in [0.3, 0.4) is 0 Å². The number of carbonyl (C=O) groups excluding carboxylic acids is 1. The molecular formula is C30H30ClFN4O4. The van der Waals surface area contributed by atoms with Crippen molar-refractivity contribution < 1.29 is 23.4 Å². The highest BCUT2D eigenvalue weighted by atomic mass is 35.5. The van der Waals surface area contributed by atoms with Crippen LogP contribution in [0.1, 0.15) is 17.0 Å². The molecule has 0 atom stereocenters. The van der Waals surface area contributed by atoms with Gasteiger partial charge in [0, 0.05) is 29.4 Å². The first-order valence-corrected chi connectivity index (χ1v) is 13.4. The normalized spacial score (nSPS) is 15.1. The van der Waals surface area contributed by atoms with Crippen molar-refractivity contribution in [3.63, 3.8) is 0 Å². The highest BCUT2D eigenvalue weighted by Crippen LogP contribution is 2.36. The van der Waals surface area contributed by atoms with E-state index in [9.17, 15) is 9.18 Å². The van der Waals surface area contributed by atoms with Crippen molar-refractivity contribution in [3.8, 4) is 22.9 Å². The molecule has 0 spiro atoms. The number of rotatable bonds is 3. The number of benzene rings is 3. The lowest BCUT2D eigenvalue weighted by Gasteiger charge is -2.22. The predicted molar refractivity (Wildman–Crippen MR) is 151 cm³/mol. The number of hydrogen-bond acceptors (Lipinski definition) is 6. The number of ether oxygens (including phenoxy) is 3. The van der Waals surface area contributed by atoms with Gasteiger partial charge in [0.25, 0.3) is 0 Å². The van der Waals surface area contributed by atoms with Crippen molar-refractivity contribution in [3.05, 3.63) is 94.5 Å². The number of nitrogens with zero attached hydrogens (tertiary/aromatic N) is 3. The molecule has 1 amide bonds. The average molecular weight is 565 g/mol. The molecule has 8 nitrogen and oxygen atoms in total. The number of fused-ring (bicyclic) bond motifs is 2. The molecule has 0 saturated heterocycles. The van der Waals surface area contributed by atoms with E-state index in [2.05, 4.69) is 10.4 Å². The maximum absolute atomic E-state index is 13.5. The van der Waals surface area contributed by atoms with E-state index in [-0.39, 0.29) is 18.3 Å². The molecule has 0 bridgehead atoms. The Balaban J connectivity index is 1.39. The van der Waals surface area contributed by atoms with Gasteiger partial charge in [-0.3, -0.25) is 9.69 Å². The fourth-order valence-electron chi connectivity index (χ4n) is 4.54. The minimum Gasteiger partial charge on any atom is -0.487 e. The van der Waals surface area contributed by atoms with Gasteiger partial charge in [-0.2, -0.15) is 5.10 Å². The number of nitrogens with one attached hydrogen (secondary N) is 1. The molecule has 3 aromatic carbocycles. The van der Waals surface area contributed by atoms with Gasteiger partial charge in [0.1, 0.15) is 12.4 Å². The number of anilines is 1. The second-order valence-corrected chi connectivity index (χ2v) is 9.88. The third kappa shape index (κ3) is 6.62. The van der Waals surface area contributed by atoms with E-state index in [1.165, 1.54) is 12.1 Å². The molecule has 208 valence electrons. The lowest BCUT2D eigenvalue weighted by molar-refractivity contribution is -0.117. The first-order valence-electron chi connectivity index (χ1n) is 13.0. The van der Waals surface area contributed by atoms with Crippen LogP contribution in [0.25, 0.3) is 5.69 Å². The Morgan fingerprint density at radius 1 is 0.975 bits per heavy atom. The van der Waals surface area contributed by atoms with Crippen molar-refractivity contribution in [2.75, 3.05) is 38.2 Å². The first-order chi connectivity index (χ1) is 19.4. The smallest absolute Gasteiger partial charge is 0.238 e. The molecule has 0 fully saturated rings. The van der Waals surface area contributed by atoms with Crippen LogP contribution in [0.4, 0.5) is 10.1 Å². The van der Waals surface area contributed by atoms with Crippen LogP contribution < -0.4 is 14.8 Å². The summed E-state index contributed by atoms with van der Waals surface area (Å²) in [6.07, 6.45) is 0. The second-order valence-electron chi connectivity index (χ2n) is 9.45. The molecule has 1 N–H and O–H groups in total. The van der Waals surface area contributed by atoms with E-state index in [4.69, 9.17) is 25.8 Å². The summed E-state index contributed by atoms with van der Waals surface area (Å²) in [4.78, 5) is 15.3. The van der Waals surface area contributed by atoms with E-state index in [0.29, 0.717) is 60.9 Å². The number of amides is 1. The summed E-state index contributed by atoms with van der Waals surface area (Å²) in [5.41, 5.74) is 3.95. The summed E-state index contributed by atoms with van der Waals surface area (Å²) in [6, 6.07) is 18.6. The molecule has 0 saturated carbocycles. The van der Waals surface area contributed by atoms with E-state index in [1.54, 1.807) is 41.1 Å². The van der Waals surface area contributed by atoms with Crippen LogP contribution in [0.5, 0.6) is 17.2 Å². The maximum Gasteiger partial charge on any atom is 0.238 e. The topological polar surface area (TPSA) is 77.8 Å². The molecule has 0 unspecified atom stereocenters. The first kappa shape index (κ1) is 27.6. The van der Waals surface area contributed by atoms with Crippen LogP contribution in [0.15, 0.2) is 66.7 Å². The lowest BCUT2D eigenvalue weighted by Crippen LogP contribution is -2.35. The largest absolute Gasteiger partial charge is 0.487 e. The number of aryl methyl sites for hydroxylation is 1. The van der Waals surface area contributed by atoms with Crippen molar-refractivity contribution in [2.24, 2.45) is 0 Å². The summed E-state index contributed by atoms with van der Waals surface area (Å²) < 4.78 is 33.2. The molecule has 1 aliphatic rings. The number of para-hydroxylation sites is 2. The molecule has 2 heterocycles. The highest BCUT2D eigenvalue weighted by Gasteiger charge is 2.20. The van der Waals surface area contributed by atoms with Gasteiger partial charge in [-0.15, -0.1) is 0 Å². The van der Waals surface area contributed by atoms with Gasteiger partial charge >= 0.3 is 0 Å². The SMILES string of the molecule is Cc1nn(-c2ccc(F)cc2)c(C)c1CN1CCOCCOc2ccccc2Oc2ccc(Cl)cc2NC(=O)C1. The summed E-state index contributed by atoms with van der Waals surface area (Å²) in [7, 11) is 0. The van der Waals surface area contributed by atoms with Gasteiger partial charge in [0.15, 0.2) is 17.2 Å². The average Bonchev–Trinajstić information content (AvgIpc) is 3.20. The second kappa shape index (κ2) is 12.5. The zero-order valence-corrected chi connectivity index (χ0v) is 23.1. The van der Waals surface area contributed by atoms with Crippen LogP contribution in [0.2, 0.25) is 5.02 Å². The predicted octanol–water partition coefficient (Wildman–Crippen LogP) is 5.92. The Kier molecular flexibility index (Phi) is 8.64. The van der Waals surface area contributed by atoms with Gasteiger partial charge in [-0.05, 0) is 68.4 Å². The standard InChI is InChI=1S/C30H30ClFN4O4/c1-20-25(21(2)36(34-20)24-10-8-23(32)9-11-24)18-35-13-14-38-15-16-39-28-5-3-4-6-29(28)40-27-12-7-22(31)17-26(27)33-30(37)19-35/h3-12,17H,13-16,18-19H2,1-2H3,(H,33,37). The summed E-state index contributed by atoms with van der Waals surface area (Å²) >= 11 is 6.26. The van der Waals surface area contributed by atoms with Crippen LogP contribution >= 0.6 is 11.6 Å². The Morgan fingerprint density at radius 3 is 2.55 bits per heavy atom. The minimum absolute atomic E-state index is 0.100. The monoisotopic (exact) mass is 564 g/mol. The van der Waals surface area contributed by atoms with E-state index < -0.39 is 0 Å². The fraction of sp³-hybridized carbons (Fsp3) is 0.267.